The van der Waals surface area contributed by atoms with Gasteiger partial charge in [0.15, 0.2) is 8.32 Å². The fraction of sp³-hybridized carbons (Fsp3) is 0.538. The summed E-state index contributed by atoms with van der Waals surface area (Å²) in [5, 5.41) is 9.82. The number of aliphatic hydroxyl groups is 1. The second kappa shape index (κ2) is 9.67. The van der Waals surface area contributed by atoms with Crippen LogP contribution in [0.3, 0.4) is 0 Å². The third-order valence-electron chi connectivity index (χ3n) is 6.49. The van der Waals surface area contributed by atoms with Crippen LogP contribution < -0.4 is 4.74 Å². The van der Waals surface area contributed by atoms with Crippen molar-refractivity contribution in [1.82, 2.24) is 0 Å². The highest BCUT2D eigenvalue weighted by atomic mass is 28.4. The molecule has 0 heterocycles. The van der Waals surface area contributed by atoms with Crippen LogP contribution in [-0.2, 0) is 11.0 Å². The predicted octanol–water partition coefficient (Wildman–Crippen LogP) is 6.95. The summed E-state index contributed by atoms with van der Waals surface area (Å²) >= 11 is 0. The van der Waals surface area contributed by atoms with Crippen molar-refractivity contribution in [2.45, 2.75) is 85.7 Å². The third kappa shape index (κ3) is 5.74. The van der Waals surface area contributed by atoms with Crippen molar-refractivity contribution in [2.75, 3.05) is 6.61 Å². The first-order valence-electron chi connectivity index (χ1n) is 11.0. The maximum absolute atomic E-state index is 9.60. The van der Waals surface area contributed by atoms with Gasteiger partial charge in [-0.1, -0.05) is 39.0 Å². The molecule has 0 radical (unpaired) electrons. The molecule has 1 atom stereocenters. The highest BCUT2D eigenvalue weighted by Gasteiger charge is 2.38. The molecule has 1 N–H and O–H groups in total. The lowest BCUT2D eigenvalue weighted by Gasteiger charge is -2.38. The van der Waals surface area contributed by atoms with E-state index < -0.39 is 8.32 Å². The fourth-order valence-corrected chi connectivity index (χ4v) is 5.12. The van der Waals surface area contributed by atoms with Gasteiger partial charge in [0.25, 0.3) is 0 Å². The molecule has 0 bridgehead atoms. The molecule has 0 unspecified atom stereocenters. The van der Waals surface area contributed by atoms with Crippen molar-refractivity contribution >= 4 is 8.32 Å². The molecule has 2 aromatic rings. The SMILES string of the molecule is Cc1cc(OCC[C@@H](C)O[Si](C)(C)C(C)(C)C)cc(C)c1-c1cccc(CO)c1C. The Kier molecular flexibility index (Phi) is 7.95. The van der Waals surface area contributed by atoms with Crippen molar-refractivity contribution in [2.24, 2.45) is 0 Å². The Bertz CT molecular complexity index is 842. The summed E-state index contributed by atoms with van der Waals surface area (Å²) < 4.78 is 12.5. The highest BCUT2D eigenvalue weighted by molar-refractivity contribution is 6.74. The monoisotopic (exact) mass is 428 g/mol. The third-order valence-corrected chi connectivity index (χ3v) is 11.1. The zero-order chi connectivity index (χ0) is 22.7. The summed E-state index contributed by atoms with van der Waals surface area (Å²) in [7, 11) is -1.75. The Morgan fingerprint density at radius 3 is 2.17 bits per heavy atom. The highest BCUT2D eigenvalue weighted by Crippen LogP contribution is 2.38. The maximum atomic E-state index is 9.60. The van der Waals surface area contributed by atoms with Gasteiger partial charge in [-0.2, -0.15) is 0 Å². The molecule has 166 valence electrons. The van der Waals surface area contributed by atoms with Gasteiger partial charge in [0.05, 0.1) is 13.2 Å². The van der Waals surface area contributed by atoms with Crippen LogP contribution in [0.2, 0.25) is 18.1 Å². The van der Waals surface area contributed by atoms with E-state index in [1.807, 2.05) is 12.1 Å². The van der Waals surface area contributed by atoms with E-state index in [2.05, 4.69) is 79.8 Å². The molecular formula is C26H40O3Si. The van der Waals surface area contributed by atoms with Gasteiger partial charge in [-0.3, -0.25) is 0 Å². The van der Waals surface area contributed by atoms with Crippen LogP contribution in [0.1, 0.15) is 56.4 Å². The number of ether oxygens (including phenoxy) is 1. The largest absolute Gasteiger partial charge is 0.493 e. The van der Waals surface area contributed by atoms with Gasteiger partial charge in [-0.25, -0.2) is 0 Å². The van der Waals surface area contributed by atoms with E-state index in [4.69, 9.17) is 9.16 Å². The van der Waals surface area contributed by atoms with Crippen molar-refractivity contribution < 1.29 is 14.3 Å². The molecule has 0 aromatic heterocycles. The number of aliphatic hydroxyl groups excluding tert-OH is 1. The summed E-state index contributed by atoms with van der Waals surface area (Å²) in [4.78, 5) is 0. The van der Waals surface area contributed by atoms with Gasteiger partial charge in [-0.15, -0.1) is 0 Å². The Morgan fingerprint density at radius 1 is 1.03 bits per heavy atom. The number of rotatable bonds is 8. The zero-order valence-electron chi connectivity index (χ0n) is 20.3. The van der Waals surface area contributed by atoms with Gasteiger partial charge in [0, 0.05) is 12.5 Å². The lowest BCUT2D eigenvalue weighted by Crippen LogP contribution is -2.43. The predicted molar refractivity (Wildman–Crippen MR) is 130 cm³/mol. The lowest BCUT2D eigenvalue weighted by atomic mass is 9.90. The number of benzene rings is 2. The normalized spacial score (nSPS) is 13.4. The van der Waals surface area contributed by atoms with E-state index in [0.29, 0.717) is 6.61 Å². The van der Waals surface area contributed by atoms with Gasteiger partial charge in [0.2, 0.25) is 0 Å². The molecule has 2 rings (SSSR count). The number of hydrogen-bond acceptors (Lipinski definition) is 3. The van der Waals surface area contributed by atoms with E-state index in [0.717, 1.165) is 23.3 Å². The second-order valence-electron chi connectivity index (χ2n) is 10.0. The smallest absolute Gasteiger partial charge is 0.192 e. The van der Waals surface area contributed by atoms with Crippen LogP contribution in [0, 0.1) is 20.8 Å². The minimum Gasteiger partial charge on any atom is -0.493 e. The molecular weight excluding hydrogens is 388 g/mol. The van der Waals surface area contributed by atoms with Crippen molar-refractivity contribution in [1.29, 1.82) is 0 Å². The fourth-order valence-electron chi connectivity index (χ4n) is 3.64. The van der Waals surface area contributed by atoms with Crippen LogP contribution in [0.15, 0.2) is 30.3 Å². The van der Waals surface area contributed by atoms with E-state index >= 15 is 0 Å². The average molecular weight is 429 g/mol. The Labute approximate surface area is 184 Å². The molecule has 3 nitrogen and oxygen atoms in total. The Morgan fingerprint density at radius 2 is 1.63 bits per heavy atom. The number of aryl methyl sites for hydroxylation is 2. The van der Waals surface area contributed by atoms with Crippen LogP contribution in [0.25, 0.3) is 11.1 Å². The van der Waals surface area contributed by atoms with Crippen LogP contribution in [0.4, 0.5) is 0 Å². The second-order valence-corrected chi connectivity index (χ2v) is 14.8. The van der Waals surface area contributed by atoms with Crippen molar-refractivity contribution in [3.63, 3.8) is 0 Å². The molecule has 0 aliphatic rings. The minimum atomic E-state index is -1.75. The number of hydrogen-bond donors (Lipinski definition) is 1. The quantitative estimate of drug-likeness (QED) is 0.462. The summed E-state index contributed by atoms with van der Waals surface area (Å²) in [6.45, 7) is 20.6. The molecule has 0 spiro atoms. The summed E-state index contributed by atoms with van der Waals surface area (Å²) in [5.41, 5.74) is 6.89. The summed E-state index contributed by atoms with van der Waals surface area (Å²) in [6.07, 6.45) is 1.07. The molecule has 30 heavy (non-hydrogen) atoms. The molecule has 0 saturated heterocycles. The topological polar surface area (TPSA) is 38.7 Å². The zero-order valence-corrected chi connectivity index (χ0v) is 21.3. The Hall–Kier alpha value is -1.62. The molecule has 0 aliphatic carbocycles. The summed E-state index contributed by atoms with van der Waals surface area (Å²) in [6, 6.07) is 10.4. The van der Waals surface area contributed by atoms with Crippen molar-refractivity contribution in [3.8, 4) is 16.9 Å². The Balaban J connectivity index is 2.08. The first-order chi connectivity index (χ1) is 13.9. The minimum absolute atomic E-state index is 0.0636. The molecule has 0 saturated carbocycles. The van der Waals surface area contributed by atoms with E-state index in [1.54, 1.807) is 0 Å². The van der Waals surface area contributed by atoms with Gasteiger partial charge >= 0.3 is 0 Å². The van der Waals surface area contributed by atoms with Gasteiger partial charge in [0.1, 0.15) is 5.75 Å². The first kappa shape index (κ1) is 24.6. The van der Waals surface area contributed by atoms with Crippen LogP contribution >= 0.6 is 0 Å². The van der Waals surface area contributed by atoms with E-state index in [-0.39, 0.29) is 17.7 Å². The molecule has 0 amide bonds. The van der Waals surface area contributed by atoms with Crippen molar-refractivity contribution in [3.05, 3.63) is 52.6 Å². The molecule has 0 fully saturated rings. The maximum Gasteiger partial charge on any atom is 0.192 e. The molecule has 4 heteroatoms. The first-order valence-corrected chi connectivity index (χ1v) is 13.9. The lowest BCUT2D eigenvalue weighted by molar-refractivity contribution is 0.161. The van der Waals surface area contributed by atoms with Gasteiger partial charge < -0.3 is 14.3 Å². The summed E-state index contributed by atoms with van der Waals surface area (Å²) in [5.74, 6) is 0.907. The van der Waals surface area contributed by atoms with Crippen LogP contribution in [0.5, 0.6) is 5.75 Å². The van der Waals surface area contributed by atoms with Crippen LogP contribution in [-0.4, -0.2) is 26.1 Å². The van der Waals surface area contributed by atoms with Gasteiger partial charge in [-0.05, 0) is 91.3 Å². The van der Waals surface area contributed by atoms with E-state index in [9.17, 15) is 5.11 Å². The van der Waals surface area contributed by atoms with E-state index in [1.165, 1.54) is 22.3 Å². The average Bonchev–Trinajstić information content (AvgIpc) is 2.61. The molecule has 0 aliphatic heterocycles. The standard InChI is InChI=1S/C26H40O3Si/c1-18-15-23(28-14-13-20(3)29-30(8,9)26(5,6)7)16-19(2)25(18)24-12-10-11-22(17-27)21(24)4/h10-12,15-16,20,27H,13-14,17H2,1-9H3/t20-/m1/s1. The molecule has 2 aromatic carbocycles.